The van der Waals surface area contributed by atoms with Crippen LogP contribution in [0.3, 0.4) is 0 Å². The third-order valence-corrected chi connectivity index (χ3v) is 5.96. The van der Waals surface area contributed by atoms with E-state index in [1.54, 1.807) is 31.4 Å². The highest BCUT2D eigenvalue weighted by Gasteiger charge is 2.32. The van der Waals surface area contributed by atoms with Gasteiger partial charge in [0, 0.05) is 13.0 Å². The Balaban J connectivity index is 1.87. The van der Waals surface area contributed by atoms with Crippen LogP contribution in [-0.4, -0.2) is 47.4 Å². The minimum absolute atomic E-state index is 0.0366. The number of methoxy groups -OCH3 is 1. The first-order chi connectivity index (χ1) is 15.4. The Morgan fingerprint density at radius 2 is 1.76 bits per heavy atom. The number of benzene rings is 2. The van der Waals surface area contributed by atoms with Crippen LogP contribution in [0.2, 0.25) is 5.02 Å². The van der Waals surface area contributed by atoms with E-state index in [0.717, 1.165) is 22.7 Å². The molecule has 1 amide bonds. The fourth-order valence-corrected chi connectivity index (χ4v) is 4.09. The number of alkyl halides is 3. The number of hydrogen-bond donors (Lipinski definition) is 1. The third kappa shape index (κ3) is 8.32. The normalized spacial score (nSPS) is 11.7. The zero-order valence-electron chi connectivity index (χ0n) is 18.0. The highest BCUT2D eigenvalue weighted by Crippen LogP contribution is 2.36. The average Bonchev–Trinajstić information content (AvgIpc) is 2.74. The minimum Gasteiger partial charge on any atom is -0.497 e. The van der Waals surface area contributed by atoms with Gasteiger partial charge in [-0.2, -0.15) is 13.2 Å². The molecular formula is C21H24ClF3N2O5S. The van der Waals surface area contributed by atoms with E-state index in [0.29, 0.717) is 17.6 Å². The molecule has 0 aliphatic heterocycles. The Bertz CT molecular complexity index is 1050. The fraction of sp³-hybridized carbons (Fsp3) is 0.381. The Labute approximate surface area is 195 Å². The summed E-state index contributed by atoms with van der Waals surface area (Å²) < 4.78 is 74.7. The van der Waals surface area contributed by atoms with E-state index in [1.807, 2.05) is 0 Å². The molecule has 0 fully saturated rings. The van der Waals surface area contributed by atoms with Gasteiger partial charge in [0.15, 0.2) is 0 Å². The second kappa shape index (κ2) is 11.5. The molecule has 0 saturated carbocycles. The van der Waals surface area contributed by atoms with Crippen LogP contribution < -0.4 is 19.1 Å². The molecule has 0 bridgehead atoms. The van der Waals surface area contributed by atoms with Crippen LogP contribution in [0, 0.1) is 0 Å². The highest BCUT2D eigenvalue weighted by molar-refractivity contribution is 7.92. The van der Waals surface area contributed by atoms with Crippen molar-refractivity contribution in [2.75, 3.05) is 37.4 Å². The largest absolute Gasteiger partial charge is 0.497 e. The van der Waals surface area contributed by atoms with Gasteiger partial charge in [0.2, 0.25) is 15.9 Å². The van der Waals surface area contributed by atoms with Crippen molar-refractivity contribution < 1.29 is 35.9 Å². The van der Waals surface area contributed by atoms with Gasteiger partial charge in [0.1, 0.15) is 18.1 Å². The maximum absolute atomic E-state index is 13.0. The summed E-state index contributed by atoms with van der Waals surface area (Å²) in [7, 11) is -2.39. The second-order valence-corrected chi connectivity index (χ2v) is 9.29. The number of halogens is 4. The van der Waals surface area contributed by atoms with Gasteiger partial charge in [0.25, 0.3) is 0 Å². The first-order valence-corrected chi connectivity index (χ1v) is 12.0. The van der Waals surface area contributed by atoms with E-state index in [-0.39, 0.29) is 49.2 Å². The molecule has 182 valence electrons. The van der Waals surface area contributed by atoms with Crippen molar-refractivity contribution in [1.29, 1.82) is 0 Å². The lowest BCUT2D eigenvalue weighted by Crippen LogP contribution is -2.33. The monoisotopic (exact) mass is 508 g/mol. The van der Waals surface area contributed by atoms with Crippen LogP contribution in [0.5, 0.6) is 11.5 Å². The molecule has 2 aromatic rings. The van der Waals surface area contributed by atoms with Crippen LogP contribution in [0.1, 0.15) is 18.4 Å². The topological polar surface area (TPSA) is 84.9 Å². The molecule has 1 N–H and O–H groups in total. The molecule has 0 heterocycles. The number of nitrogens with zero attached hydrogens (tertiary/aromatic N) is 1. The predicted molar refractivity (Wildman–Crippen MR) is 119 cm³/mol. The van der Waals surface area contributed by atoms with Gasteiger partial charge in [-0.1, -0.05) is 11.6 Å². The van der Waals surface area contributed by atoms with E-state index in [4.69, 9.17) is 21.1 Å². The number of nitrogens with one attached hydrogen (secondary N) is 1. The van der Waals surface area contributed by atoms with Gasteiger partial charge in [-0.3, -0.25) is 9.10 Å². The molecule has 0 atom stereocenters. The zero-order chi connectivity index (χ0) is 24.6. The van der Waals surface area contributed by atoms with Crippen LogP contribution in [0.4, 0.5) is 18.9 Å². The standard InChI is InChI=1S/C21H24ClF3N2O5S/c1-31-16-6-8-17(9-7-16)32-13-11-26-20(28)4-3-12-27(33(2,29)30)19-14-15(21(23,24)25)5-10-18(19)22/h5-10,14H,3-4,11-13H2,1-2H3,(H,26,28). The van der Waals surface area contributed by atoms with Crippen molar-refractivity contribution in [2.24, 2.45) is 0 Å². The van der Waals surface area contributed by atoms with Crippen LogP contribution in [0.25, 0.3) is 0 Å². The second-order valence-electron chi connectivity index (χ2n) is 6.98. The van der Waals surface area contributed by atoms with Crippen molar-refractivity contribution in [3.8, 4) is 11.5 Å². The van der Waals surface area contributed by atoms with E-state index < -0.39 is 21.8 Å². The number of hydrogen-bond acceptors (Lipinski definition) is 5. The maximum Gasteiger partial charge on any atom is 0.416 e. The lowest BCUT2D eigenvalue weighted by atomic mass is 10.2. The lowest BCUT2D eigenvalue weighted by molar-refractivity contribution is -0.137. The Morgan fingerprint density at radius 3 is 2.33 bits per heavy atom. The van der Waals surface area contributed by atoms with Crippen LogP contribution in [0.15, 0.2) is 42.5 Å². The smallest absolute Gasteiger partial charge is 0.416 e. The predicted octanol–water partition coefficient (Wildman–Crippen LogP) is 4.11. The number of anilines is 1. The molecule has 0 unspecified atom stereocenters. The average molecular weight is 509 g/mol. The van der Waals surface area contributed by atoms with E-state index >= 15 is 0 Å². The number of sulfonamides is 1. The summed E-state index contributed by atoms with van der Waals surface area (Å²) in [6, 6.07) is 9.36. The lowest BCUT2D eigenvalue weighted by Gasteiger charge is -2.24. The molecule has 0 aliphatic rings. The molecule has 7 nitrogen and oxygen atoms in total. The molecule has 0 spiro atoms. The number of rotatable bonds is 11. The zero-order valence-corrected chi connectivity index (χ0v) is 19.6. The Hall–Kier alpha value is -2.66. The van der Waals surface area contributed by atoms with Crippen LogP contribution in [-0.2, 0) is 21.0 Å². The molecule has 0 aromatic heterocycles. The van der Waals surface area contributed by atoms with E-state index in [9.17, 15) is 26.4 Å². The van der Waals surface area contributed by atoms with Gasteiger partial charge < -0.3 is 14.8 Å². The highest BCUT2D eigenvalue weighted by atomic mass is 35.5. The molecule has 12 heteroatoms. The molecule has 2 rings (SSSR count). The van der Waals surface area contributed by atoms with Crippen molar-refractivity contribution in [3.63, 3.8) is 0 Å². The summed E-state index contributed by atoms with van der Waals surface area (Å²) in [6.07, 6.45) is -3.76. The van der Waals surface area contributed by atoms with Crippen molar-refractivity contribution in [2.45, 2.75) is 19.0 Å². The molecule has 33 heavy (non-hydrogen) atoms. The molecular weight excluding hydrogens is 485 g/mol. The fourth-order valence-electron chi connectivity index (χ4n) is 2.85. The molecule has 0 aliphatic carbocycles. The summed E-state index contributed by atoms with van der Waals surface area (Å²) in [5.41, 5.74) is -1.31. The summed E-state index contributed by atoms with van der Waals surface area (Å²) in [6.45, 7) is 0.225. The van der Waals surface area contributed by atoms with Crippen molar-refractivity contribution in [3.05, 3.63) is 53.1 Å². The molecule has 2 aromatic carbocycles. The summed E-state index contributed by atoms with van der Waals surface area (Å²) in [4.78, 5) is 12.0. The first kappa shape index (κ1) is 26.6. The third-order valence-electron chi connectivity index (χ3n) is 4.46. The van der Waals surface area contributed by atoms with E-state index in [1.165, 1.54) is 0 Å². The molecule has 0 saturated heterocycles. The Kier molecular flexibility index (Phi) is 9.24. The summed E-state index contributed by atoms with van der Waals surface area (Å²) >= 11 is 5.97. The van der Waals surface area contributed by atoms with E-state index in [2.05, 4.69) is 5.32 Å². The van der Waals surface area contributed by atoms with Crippen molar-refractivity contribution in [1.82, 2.24) is 5.32 Å². The maximum atomic E-state index is 13.0. The summed E-state index contributed by atoms with van der Waals surface area (Å²) in [5.74, 6) is 0.939. The van der Waals surface area contributed by atoms with Crippen LogP contribution >= 0.6 is 11.6 Å². The quantitative estimate of drug-likeness (QED) is 0.462. The van der Waals surface area contributed by atoms with Gasteiger partial charge in [-0.25, -0.2) is 8.42 Å². The van der Waals surface area contributed by atoms with Gasteiger partial charge in [-0.15, -0.1) is 0 Å². The number of carbonyl (C=O) groups excluding carboxylic acids is 1. The number of carbonyl (C=O) groups is 1. The number of ether oxygens (including phenoxy) is 2. The summed E-state index contributed by atoms with van der Waals surface area (Å²) in [5, 5.41) is 2.49. The SMILES string of the molecule is COc1ccc(OCCNC(=O)CCCN(c2cc(C(F)(F)F)ccc2Cl)S(C)(=O)=O)cc1. The minimum atomic E-state index is -4.66. The molecule has 0 radical (unpaired) electrons. The number of amides is 1. The van der Waals surface area contributed by atoms with Gasteiger partial charge in [0.05, 0.1) is 36.2 Å². The van der Waals surface area contributed by atoms with Crippen molar-refractivity contribution >= 4 is 33.2 Å². The van der Waals surface area contributed by atoms with Gasteiger partial charge >= 0.3 is 6.18 Å². The first-order valence-electron chi connectivity index (χ1n) is 9.80. The van der Waals surface area contributed by atoms with Gasteiger partial charge in [-0.05, 0) is 48.9 Å². The Morgan fingerprint density at radius 1 is 1.12 bits per heavy atom.